The van der Waals surface area contributed by atoms with Gasteiger partial charge in [-0.15, -0.1) is 0 Å². The van der Waals surface area contributed by atoms with Crippen molar-refractivity contribution in [2.75, 3.05) is 13.2 Å². The molecule has 23 heavy (non-hydrogen) atoms. The molecule has 0 radical (unpaired) electrons. The molecule has 7 nitrogen and oxygen atoms in total. The van der Waals surface area contributed by atoms with Gasteiger partial charge in [-0.25, -0.2) is 0 Å². The lowest BCUT2D eigenvalue weighted by atomic mass is 10.2. The molecule has 2 amide bonds. The summed E-state index contributed by atoms with van der Waals surface area (Å²) in [6.07, 6.45) is 0.984. The summed E-state index contributed by atoms with van der Waals surface area (Å²) in [5.74, 6) is -1.22. The molecule has 1 aromatic carbocycles. The predicted octanol–water partition coefficient (Wildman–Crippen LogP) is 1.01. The van der Waals surface area contributed by atoms with Crippen LogP contribution in [0.15, 0.2) is 24.3 Å². The summed E-state index contributed by atoms with van der Waals surface area (Å²) >= 11 is 0. The Kier molecular flexibility index (Phi) is 7.59. The highest BCUT2D eigenvalue weighted by atomic mass is 16.5. The van der Waals surface area contributed by atoms with E-state index in [1.807, 2.05) is 0 Å². The van der Waals surface area contributed by atoms with Crippen molar-refractivity contribution >= 4 is 17.8 Å². The Morgan fingerprint density at radius 2 is 1.87 bits per heavy atom. The van der Waals surface area contributed by atoms with Crippen LogP contribution in [-0.4, -0.2) is 37.0 Å². The van der Waals surface area contributed by atoms with Gasteiger partial charge in [0.1, 0.15) is 12.3 Å². The topological polar surface area (TPSA) is 108 Å². The molecule has 0 unspecified atom stereocenters. The zero-order valence-electron chi connectivity index (χ0n) is 13.3. The molecule has 0 spiro atoms. The van der Waals surface area contributed by atoms with Crippen molar-refractivity contribution in [3.8, 4) is 5.75 Å². The van der Waals surface area contributed by atoms with Crippen LogP contribution < -0.4 is 15.8 Å². The number of rotatable bonds is 9. The first-order chi connectivity index (χ1) is 10.9. The number of unbranched alkanes of at least 4 members (excludes halogenated alkanes) is 1. The minimum absolute atomic E-state index is 0.342. The lowest BCUT2D eigenvalue weighted by Gasteiger charge is -2.10. The van der Waals surface area contributed by atoms with Crippen LogP contribution >= 0.6 is 0 Å². The van der Waals surface area contributed by atoms with Crippen LogP contribution in [0.5, 0.6) is 5.75 Å². The maximum absolute atomic E-state index is 11.9. The molecule has 0 saturated carbocycles. The highest BCUT2D eigenvalue weighted by molar-refractivity contribution is 5.96. The highest BCUT2D eigenvalue weighted by Crippen LogP contribution is 2.12. The monoisotopic (exact) mass is 322 g/mol. The number of hydrogen-bond donors (Lipinski definition) is 2. The Morgan fingerprint density at radius 1 is 1.22 bits per heavy atom. The van der Waals surface area contributed by atoms with E-state index >= 15 is 0 Å². The van der Waals surface area contributed by atoms with Crippen molar-refractivity contribution in [1.82, 2.24) is 5.32 Å². The Morgan fingerprint density at radius 3 is 2.43 bits per heavy atom. The molecule has 0 aliphatic heterocycles. The van der Waals surface area contributed by atoms with E-state index in [1.165, 1.54) is 6.92 Å². The fourth-order valence-corrected chi connectivity index (χ4v) is 1.59. The molecule has 0 fully saturated rings. The Balaban J connectivity index is 2.42. The molecule has 0 bridgehead atoms. The first kappa shape index (κ1) is 18.5. The van der Waals surface area contributed by atoms with Crippen LogP contribution in [0.4, 0.5) is 0 Å². The van der Waals surface area contributed by atoms with Gasteiger partial charge in [-0.05, 0) is 37.6 Å². The summed E-state index contributed by atoms with van der Waals surface area (Å²) in [4.78, 5) is 34.1. The summed E-state index contributed by atoms with van der Waals surface area (Å²) < 4.78 is 10.2. The third-order valence-corrected chi connectivity index (χ3v) is 2.99. The minimum atomic E-state index is -1.03. The van der Waals surface area contributed by atoms with Gasteiger partial charge >= 0.3 is 5.97 Å². The molecule has 3 N–H and O–H groups in total. The second-order valence-electron chi connectivity index (χ2n) is 4.94. The van der Waals surface area contributed by atoms with Crippen LogP contribution in [-0.2, 0) is 14.3 Å². The zero-order valence-corrected chi connectivity index (χ0v) is 13.3. The number of carbonyl (C=O) groups excluding carboxylic acids is 3. The lowest BCUT2D eigenvalue weighted by Crippen LogP contribution is -2.36. The predicted molar refractivity (Wildman–Crippen MR) is 83.9 cm³/mol. The number of primary amides is 1. The van der Waals surface area contributed by atoms with Crippen molar-refractivity contribution < 1.29 is 23.9 Å². The summed E-state index contributed by atoms with van der Waals surface area (Å²) in [6, 6.07) is 6.60. The molecule has 1 rings (SSSR count). The summed E-state index contributed by atoms with van der Waals surface area (Å²) in [5.41, 5.74) is 5.37. The van der Waals surface area contributed by atoms with E-state index in [2.05, 4.69) is 12.2 Å². The maximum atomic E-state index is 11.9. The fourth-order valence-electron chi connectivity index (χ4n) is 1.59. The van der Waals surface area contributed by atoms with Gasteiger partial charge < -0.3 is 20.5 Å². The van der Waals surface area contributed by atoms with E-state index < -0.39 is 23.9 Å². The molecule has 1 atom stereocenters. The average molecular weight is 322 g/mol. The summed E-state index contributed by atoms with van der Waals surface area (Å²) in [5, 5.41) is 2.41. The molecule has 0 aromatic heterocycles. The first-order valence-electron chi connectivity index (χ1n) is 7.44. The number of benzene rings is 1. The van der Waals surface area contributed by atoms with E-state index in [9.17, 15) is 14.4 Å². The van der Waals surface area contributed by atoms with Gasteiger partial charge in [0.15, 0.2) is 6.10 Å². The first-order valence-corrected chi connectivity index (χ1v) is 7.44. The molecule has 0 heterocycles. The standard InChI is InChI=1S/C16H22N2O5/c1-3-4-9-22-13-7-5-12(6-8-13)16(21)18-10-14(19)23-11(2)15(17)20/h5-8,11H,3-4,9-10H2,1-2H3,(H2,17,20)(H,18,21)/t11-/m1/s1. The number of ether oxygens (including phenoxy) is 2. The molecular formula is C16H22N2O5. The van der Waals surface area contributed by atoms with Crippen LogP contribution in [0, 0.1) is 0 Å². The van der Waals surface area contributed by atoms with Gasteiger partial charge in [-0.2, -0.15) is 0 Å². The van der Waals surface area contributed by atoms with E-state index in [0.717, 1.165) is 12.8 Å². The minimum Gasteiger partial charge on any atom is -0.494 e. The second kappa shape index (κ2) is 9.45. The highest BCUT2D eigenvalue weighted by Gasteiger charge is 2.15. The molecule has 7 heteroatoms. The number of carbonyl (C=O) groups is 3. The molecule has 126 valence electrons. The van der Waals surface area contributed by atoms with Gasteiger partial charge in [0.05, 0.1) is 6.61 Å². The summed E-state index contributed by atoms with van der Waals surface area (Å²) in [7, 11) is 0. The quantitative estimate of drug-likeness (QED) is 0.521. The van der Waals surface area contributed by atoms with Gasteiger partial charge in [0, 0.05) is 5.56 Å². The Labute approximate surface area is 135 Å². The zero-order chi connectivity index (χ0) is 17.2. The number of amides is 2. The molecule has 1 aromatic rings. The largest absolute Gasteiger partial charge is 0.494 e. The van der Waals surface area contributed by atoms with Gasteiger partial charge in [-0.1, -0.05) is 13.3 Å². The number of hydrogen-bond acceptors (Lipinski definition) is 5. The fraction of sp³-hybridized carbons (Fsp3) is 0.438. The SMILES string of the molecule is CCCCOc1ccc(C(=O)NCC(=O)O[C@H](C)C(N)=O)cc1. The van der Waals surface area contributed by atoms with Crippen molar-refractivity contribution in [1.29, 1.82) is 0 Å². The average Bonchev–Trinajstić information content (AvgIpc) is 2.53. The molecule has 0 aliphatic rings. The van der Waals surface area contributed by atoms with Crippen molar-refractivity contribution in [2.45, 2.75) is 32.8 Å². The van der Waals surface area contributed by atoms with Gasteiger partial charge in [-0.3, -0.25) is 14.4 Å². The third kappa shape index (κ3) is 6.82. The van der Waals surface area contributed by atoms with Crippen molar-refractivity contribution in [3.05, 3.63) is 29.8 Å². The van der Waals surface area contributed by atoms with Gasteiger partial charge in [0.2, 0.25) is 0 Å². The smallest absolute Gasteiger partial charge is 0.326 e. The van der Waals surface area contributed by atoms with E-state index in [1.54, 1.807) is 24.3 Å². The van der Waals surface area contributed by atoms with E-state index in [0.29, 0.717) is 17.9 Å². The molecule has 0 aliphatic carbocycles. The third-order valence-electron chi connectivity index (χ3n) is 2.99. The number of nitrogens with one attached hydrogen (secondary N) is 1. The molecular weight excluding hydrogens is 300 g/mol. The Hall–Kier alpha value is -2.57. The van der Waals surface area contributed by atoms with Crippen LogP contribution in [0.3, 0.4) is 0 Å². The summed E-state index contributed by atoms with van der Waals surface area (Å²) in [6.45, 7) is 3.72. The van der Waals surface area contributed by atoms with Gasteiger partial charge in [0.25, 0.3) is 11.8 Å². The van der Waals surface area contributed by atoms with E-state index in [-0.39, 0.29) is 6.54 Å². The van der Waals surface area contributed by atoms with Crippen LogP contribution in [0.25, 0.3) is 0 Å². The number of nitrogens with two attached hydrogens (primary N) is 1. The number of esters is 1. The van der Waals surface area contributed by atoms with Crippen LogP contribution in [0.2, 0.25) is 0 Å². The van der Waals surface area contributed by atoms with Crippen molar-refractivity contribution in [2.24, 2.45) is 5.73 Å². The normalized spacial score (nSPS) is 11.4. The second-order valence-corrected chi connectivity index (χ2v) is 4.94. The maximum Gasteiger partial charge on any atom is 0.326 e. The van der Waals surface area contributed by atoms with E-state index in [4.69, 9.17) is 15.2 Å². The van der Waals surface area contributed by atoms with Crippen molar-refractivity contribution in [3.63, 3.8) is 0 Å². The Bertz CT molecular complexity index is 542. The lowest BCUT2D eigenvalue weighted by molar-refractivity contribution is -0.152. The van der Waals surface area contributed by atoms with Crippen LogP contribution in [0.1, 0.15) is 37.0 Å². The molecule has 0 saturated heterocycles.